The summed E-state index contributed by atoms with van der Waals surface area (Å²) in [6.07, 6.45) is 8.81. The van der Waals surface area contributed by atoms with E-state index in [0.717, 1.165) is 25.7 Å². The van der Waals surface area contributed by atoms with E-state index in [1.807, 2.05) is 32.9 Å². The number of nitrogens with one attached hydrogen (secondary N) is 2. The summed E-state index contributed by atoms with van der Waals surface area (Å²) in [5.41, 5.74) is -1.95. The summed E-state index contributed by atoms with van der Waals surface area (Å²) in [6.45, 7) is 8.11. The van der Waals surface area contributed by atoms with E-state index < -0.39 is 63.7 Å². The number of hydrogen-bond acceptors (Lipinski definition) is 7. The van der Waals surface area contributed by atoms with Crippen molar-refractivity contribution in [1.82, 2.24) is 24.1 Å². The van der Waals surface area contributed by atoms with Gasteiger partial charge in [0, 0.05) is 38.0 Å². The third kappa shape index (κ3) is 8.69. The molecule has 2 heterocycles. The molecule has 0 aromatic heterocycles. The van der Waals surface area contributed by atoms with Crippen LogP contribution in [0.2, 0.25) is 0 Å². The van der Waals surface area contributed by atoms with Crippen molar-refractivity contribution in [3.05, 3.63) is 12.2 Å². The van der Waals surface area contributed by atoms with Crippen molar-refractivity contribution in [2.24, 2.45) is 11.3 Å². The third-order valence-corrected chi connectivity index (χ3v) is 10.5. The molecule has 2 unspecified atom stereocenters. The van der Waals surface area contributed by atoms with Crippen LogP contribution in [-0.4, -0.2) is 108 Å². The number of nitrogens with zero attached hydrogens (tertiary/aromatic N) is 3. The van der Waals surface area contributed by atoms with Gasteiger partial charge in [0.15, 0.2) is 0 Å². The molecule has 0 radical (unpaired) electrons. The Morgan fingerprint density at radius 1 is 1.12 bits per heavy atom. The molecule has 1 aliphatic carbocycles. The maximum absolute atomic E-state index is 13.2. The third-order valence-electron chi connectivity index (χ3n) is 8.56. The van der Waals surface area contributed by atoms with Gasteiger partial charge in [0.2, 0.25) is 11.8 Å². The predicted molar refractivity (Wildman–Crippen MR) is 160 cm³/mol. The molecule has 3 rings (SSSR count). The van der Waals surface area contributed by atoms with Crippen LogP contribution in [0.1, 0.15) is 79.1 Å². The normalized spacial score (nSPS) is 26.4. The van der Waals surface area contributed by atoms with Gasteiger partial charge in [-0.3, -0.25) is 9.59 Å². The Morgan fingerprint density at radius 3 is 2.44 bits per heavy atom. The smallest absolute Gasteiger partial charge is 0.407 e. The van der Waals surface area contributed by atoms with Crippen LogP contribution < -0.4 is 10.6 Å². The van der Waals surface area contributed by atoms with Crippen LogP contribution in [0.15, 0.2) is 12.2 Å². The average Bonchev–Trinajstić information content (AvgIpc) is 3.27. The van der Waals surface area contributed by atoms with Gasteiger partial charge >= 0.3 is 12.1 Å². The van der Waals surface area contributed by atoms with Gasteiger partial charge in [-0.25, -0.2) is 9.59 Å². The van der Waals surface area contributed by atoms with Gasteiger partial charge in [-0.15, -0.1) is 0 Å². The Labute approximate surface area is 255 Å². The maximum Gasteiger partial charge on any atom is 0.407 e. The molecular formula is C29H49N5O8S. The first kappa shape index (κ1) is 34.8. The number of hydrogen-bond donors (Lipinski definition) is 3. The predicted octanol–water partition coefficient (Wildman–Crippen LogP) is 2.10. The number of carbonyl (C=O) groups excluding carboxylic acids is 3. The number of likely N-dealkylation sites (N-methyl/N-ethyl adjacent to an activating group) is 1. The number of carboxylic acid groups (broad SMARTS) is 1. The first-order chi connectivity index (χ1) is 20.1. The number of amides is 3. The van der Waals surface area contributed by atoms with Crippen molar-refractivity contribution < 1.29 is 37.4 Å². The Balaban J connectivity index is 1.52. The molecule has 0 bridgehead atoms. The molecular weight excluding hydrogens is 578 g/mol. The Bertz CT molecular complexity index is 1170. The van der Waals surface area contributed by atoms with Crippen LogP contribution in [0.3, 0.4) is 0 Å². The van der Waals surface area contributed by atoms with Crippen LogP contribution in [0.5, 0.6) is 0 Å². The molecule has 1 saturated carbocycles. The highest BCUT2D eigenvalue weighted by Gasteiger charge is 2.61. The molecule has 4 atom stereocenters. The lowest BCUT2D eigenvalue weighted by molar-refractivity contribution is -0.145. The summed E-state index contributed by atoms with van der Waals surface area (Å²) in [5, 5.41) is 15.0. The van der Waals surface area contributed by atoms with E-state index in [4.69, 9.17) is 4.74 Å². The van der Waals surface area contributed by atoms with Crippen molar-refractivity contribution in [3.63, 3.8) is 0 Å². The SMILES string of the molecule is CCCCCC/C=C\C1C[C@]1(NC(=O)[C@@H]1CCCN1C(=O)CNC(=O)OC(CN1CCN(C)S1(=O)=O)C(C)(C)C)C(=O)O. The van der Waals surface area contributed by atoms with Crippen molar-refractivity contribution in [2.75, 3.05) is 39.8 Å². The van der Waals surface area contributed by atoms with Gasteiger partial charge in [0.1, 0.15) is 24.2 Å². The summed E-state index contributed by atoms with van der Waals surface area (Å²) in [4.78, 5) is 52.3. The Hall–Kier alpha value is -2.71. The Kier molecular flexibility index (Phi) is 11.6. The number of likely N-dealkylation sites (tertiary alicyclic amines) is 1. The van der Waals surface area contributed by atoms with Crippen LogP contribution in [0.25, 0.3) is 0 Å². The minimum Gasteiger partial charge on any atom is -0.479 e. The van der Waals surface area contributed by atoms with E-state index in [0.29, 0.717) is 32.4 Å². The highest BCUT2D eigenvalue weighted by atomic mass is 32.2. The lowest BCUT2D eigenvalue weighted by atomic mass is 9.89. The van der Waals surface area contributed by atoms with Gasteiger partial charge in [0.25, 0.3) is 10.2 Å². The largest absolute Gasteiger partial charge is 0.479 e. The quantitative estimate of drug-likeness (QED) is 0.195. The second-order valence-corrected chi connectivity index (χ2v) is 14.9. The zero-order valence-corrected chi connectivity index (χ0v) is 27.0. The number of alkyl carbamates (subject to hydrolysis) is 1. The van der Waals surface area contributed by atoms with Gasteiger partial charge in [-0.1, -0.05) is 59.1 Å². The molecule has 2 aliphatic heterocycles. The van der Waals surface area contributed by atoms with Crippen molar-refractivity contribution in [1.29, 1.82) is 0 Å². The number of aliphatic carboxylic acids is 1. The minimum absolute atomic E-state index is 0.0216. The Morgan fingerprint density at radius 2 is 1.84 bits per heavy atom. The second-order valence-electron chi connectivity index (χ2n) is 12.9. The first-order valence-corrected chi connectivity index (χ1v) is 16.7. The van der Waals surface area contributed by atoms with Gasteiger partial charge in [-0.05, 0) is 32.1 Å². The number of unbranched alkanes of at least 4 members (excludes halogenated alkanes) is 4. The highest BCUT2D eigenvalue weighted by molar-refractivity contribution is 7.87. The van der Waals surface area contributed by atoms with E-state index in [1.165, 1.54) is 27.0 Å². The summed E-state index contributed by atoms with van der Waals surface area (Å²) < 4.78 is 33.1. The first-order valence-electron chi connectivity index (χ1n) is 15.3. The van der Waals surface area contributed by atoms with Crippen LogP contribution >= 0.6 is 0 Å². The fraction of sp³-hybridized carbons (Fsp3) is 0.793. The van der Waals surface area contributed by atoms with Gasteiger partial charge < -0.3 is 25.4 Å². The molecule has 3 aliphatic rings. The molecule has 0 aromatic rings. The number of carboxylic acids is 1. The molecule has 13 nitrogen and oxygen atoms in total. The average molecular weight is 628 g/mol. The van der Waals surface area contributed by atoms with E-state index in [2.05, 4.69) is 17.6 Å². The molecule has 14 heteroatoms. The van der Waals surface area contributed by atoms with Crippen molar-refractivity contribution in [2.45, 2.75) is 96.7 Å². The highest BCUT2D eigenvalue weighted by Crippen LogP contribution is 2.45. The molecule has 3 N–H and O–H groups in total. The maximum atomic E-state index is 13.2. The fourth-order valence-corrected chi connectivity index (χ4v) is 6.86. The van der Waals surface area contributed by atoms with Crippen LogP contribution in [0.4, 0.5) is 4.79 Å². The summed E-state index contributed by atoms with van der Waals surface area (Å²) in [6, 6.07) is -0.833. The minimum atomic E-state index is -3.62. The molecule has 0 spiro atoms. The van der Waals surface area contributed by atoms with Crippen molar-refractivity contribution >= 4 is 34.1 Å². The molecule has 3 fully saturated rings. The lowest BCUT2D eigenvalue weighted by Crippen LogP contribution is -2.54. The van der Waals surface area contributed by atoms with E-state index in [9.17, 15) is 32.7 Å². The molecule has 2 saturated heterocycles. The number of allylic oxidation sites excluding steroid dienone is 1. The van der Waals surface area contributed by atoms with Gasteiger partial charge in [0.05, 0.1) is 6.54 Å². The number of carbonyl (C=O) groups is 4. The zero-order valence-electron chi connectivity index (χ0n) is 26.1. The lowest BCUT2D eigenvalue weighted by Gasteiger charge is -2.32. The standard InChI is InChI=1S/C29H49N5O8S/c1-6-7-8-9-10-11-13-21-18-29(21,26(37)38)31-25(36)22-14-12-15-34(22)24(35)19-30-27(39)42-23(28(2,3)4)20-33-17-16-32(5)43(33,40)41/h11,13,21-23H,6-10,12,14-20H2,1-5H3,(H,30,39)(H,31,36)(H,37,38)/b13-11-/t21?,22-,23?,29+/m0/s1. The summed E-state index contributed by atoms with van der Waals surface area (Å²) >= 11 is 0. The molecule has 0 aromatic carbocycles. The zero-order chi connectivity index (χ0) is 32.0. The van der Waals surface area contributed by atoms with E-state index >= 15 is 0 Å². The van der Waals surface area contributed by atoms with Crippen LogP contribution in [-0.2, 0) is 29.3 Å². The summed E-state index contributed by atoms with van der Waals surface area (Å²) in [5.74, 6) is -2.40. The van der Waals surface area contributed by atoms with Crippen molar-refractivity contribution in [3.8, 4) is 0 Å². The van der Waals surface area contributed by atoms with E-state index in [-0.39, 0.29) is 19.0 Å². The molecule has 244 valence electrons. The topological polar surface area (TPSA) is 166 Å². The number of rotatable bonds is 14. The number of ether oxygens (including phenoxy) is 1. The fourth-order valence-electron chi connectivity index (χ4n) is 5.51. The second kappa shape index (κ2) is 14.4. The van der Waals surface area contributed by atoms with E-state index in [1.54, 1.807) is 0 Å². The monoisotopic (exact) mass is 627 g/mol. The molecule has 3 amide bonds. The van der Waals surface area contributed by atoms with Crippen LogP contribution in [0, 0.1) is 11.3 Å². The van der Waals surface area contributed by atoms with Gasteiger partial charge in [-0.2, -0.15) is 17.0 Å². The summed E-state index contributed by atoms with van der Waals surface area (Å²) in [7, 11) is -2.13. The molecule has 43 heavy (non-hydrogen) atoms.